The monoisotopic (exact) mass is 356 g/mol. The molecular formula is C14H10BrFOS2. The number of ketones is 1. The molecule has 2 heterocycles. The van der Waals surface area contributed by atoms with Crippen LogP contribution in [0.3, 0.4) is 0 Å². The molecule has 0 radical (unpaired) electrons. The van der Waals surface area contributed by atoms with Crippen LogP contribution < -0.4 is 0 Å². The lowest BCUT2D eigenvalue weighted by atomic mass is 10.1. The minimum Gasteiger partial charge on any atom is -0.288 e. The van der Waals surface area contributed by atoms with Crippen molar-refractivity contribution in [1.82, 2.24) is 0 Å². The fourth-order valence-electron chi connectivity index (χ4n) is 2.04. The fourth-order valence-corrected chi connectivity index (χ4v) is 4.75. The second-order valence-electron chi connectivity index (χ2n) is 4.32. The first-order valence-corrected chi connectivity index (χ1v) is 8.60. The van der Waals surface area contributed by atoms with Crippen molar-refractivity contribution in [3.63, 3.8) is 0 Å². The van der Waals surface area contributed by atoms with Gasteiger partial charge in [-0.25, -0.2) is 4.39 Å². The fraction of sp³-hybridized carbons (Fsp3) is 0.214. The average molecular weight is 357 g/mol. The van der Waals surface area contributed by atoms with E-state index in [-0.39, 0.29) is 11.6 Å². The Labute approximate surface area is 127 Å². The van der Waals surface area contributed by atoms with Gasteiger partial charge in [-0.1, -0.05) is 0 Å². The van der Waals surface area contributed by atoms with Crippen molar-refractivity contribution >= 4 is 44.8 Å². The van der Waals surface area contributed by atoms with E-state index in [1.165, 1.54) is 22.6 Å². The van der Waals surface area contributed by atoms with Gasteiger partial charge in [0.15, 0.2) is 0 Å². The summed E-state index contributed by atoms with van der Waals surface area (Å²) in [4.78, 5) is 14.5. The Morgan fingerprint density at radius 3 is 2.89 bits per heavy atom. The number of rotatable bonds is 2. The molecule has 3 rings (SSSR count). The maximum absolute atomic E-state index is 13.2. The molecule has 1 nitrogen and oxygen atoms in total. The van der Waals surface area contributed by atoms with Crippen LogP contribution in [0.15, 0.2) is 28.7 Å². The zero-order valence-electron chi connectivity index (χ0n) is 9.91. The Morgan fingerprint density at radius 1 is 1.32 bits per heavy atom. The summed E-state index contributed by atoms with van der Waals surface area (Å²) in [6.45, 7) is 0. The van der Waals surface area contributed by atoms with Crippen molar-refractivity contribution in [2.75, 3.05) is 5.75 Å². The van der Waals surface area contributed by atoms with Gasteiger partial charge >= 0.3 is 0 Å². The summed E-state index contributed by atoms with van der Waals surface area (Å²) in [7, 11) is 0. The van der Waals surface area contributed by atoms with Crippen molar-refractivity contribution in [1.29, 1.82) is 0 Å². The van der Waals surface area contributed by atoms with Crippen LogP contribution in [0.25, 0.3) is 0 Å². The van der Waals surface area contributed by atoms with Gasteiger partial charge in [0, 0.05) is 16.2 Å². The lowest BCUT2D eigenvalue weighted by molar-refractivity contribution is 0.104. The van der Waals surface area contributed by atoms with Crippen LogP contribution in [0.2, 0.25) is 0 Å². The number of hydrogen-bond acceptors (Lipinski definition) is 3. The van der Waals surface area contributed by atoms with Gasteiger partial charge in [-0.2, -0.15) is 11.8 Å². The molecule has 2 aromatic rings. The third-order valence-corrected chi connectivity index (χ3v) is 5.88. The van der Waals surface area contributed by atoms with Gasteiger partial charge in [-0.05, 0) is 57.9 Å². The molecule has 98 valence electrons. The molecule has 0 saturated heterocycles. The van der Waals surface area contributed by atoms with Crippen LogP contribution in [0.5, 0.6) is 0 Å². The van der Waals surface area contributed by atoms with Crippen molar-refractivity contribution < 1.29 is 9.18 Å². The molecule has 5 heteroatoms. The number of fused-ring (bicyclic) bond motifs is 1. The number of carbonyl (C=O) groups is 1. The topological polar surface area (TPSA) is 17.1 Å². The maximum Gasteiger partial charge on any atom is 0.203 e. The van der Waals surface area contributed by atoms with E-state index >= 15 is 0 Å². The minimum absolute atomic E-state index is 0.0231. The largest absolute Gasteiger partial charge is 0.288 e. The van der Waals surface area contributed by atoms with E-state index in [0.717, 1.165) is 22.8 Å². The predicted octanol–water partition coefficient (Wildman–Crippen LogP) is 4.67. The van der Waals surface area contributed by atoms with E-state index < -0.39 is 0 Å². The second-order valence-corrected chi connectivity index (χ2v) is 7.42. The van der Waals surface area contributed by atoms with E-state index in [4.69, 9.17) is 0 Å². The normalized spacial score (nSPS) is 14.2. The highest BCUT2D eigenvalue weighted by Gasteiger charge is 2.19. The van der Waals surface area contributed by atoms with Gasteiger partial charge in [-0.15, -0.1) is 11.3 Å². The Balaban J connectivity index is 1.95. The van der Waals surface area contributed by atoms with E-state index in [9.17, 15) is 9.18 Å². The van der Waals surface area contributed by atoms with Crippen molar-refractivity contribution in [3.8, 4) is 0 Å². The summed E-state index contributed by atoms with van der Waals surface area (Å²) in [5, 5.41) is 0. The SMILES string of the molecule is O=C(c1ccc(F)c(Br)c1)c1cc2c(s1)CCSC2. The third kappa shape index (κ3) is 2.64. The number of hydrogen-bond donors (Lipinski definition) is 0. The summed E-state index contributed by atoms with van der Waals surface area (Å²) in [6.07, 6.45) is 1.05. The number of halogens is 2. The highest BCUT2D eigenvalue weighted by atomic mass is 79.9. The minimum atomic E-state index is -0.349. The zero-order chi connectivity index (χ0) is 13.4. The summed E-state index contributed by atoms with van der Waals surface area (Å²) in [6, 6.07) is 6.40. The zero-order valence-corrected chi connectivity index (χ0v) is 13.1. The Morgan fingerprint density at radius 2 is 2.16 bits per heavy atom. The number of aryl methyl sites for hydroxylation is 1. The van der Waals surface area contributed by atoms with E-state index in [1.807, 2.05) is 17.8 Å². The molecule has 0 atom stereocenters. The molecule has 1 aromatic heterocycles. The van der Waals surface area contributed by atoms with Crippen molar-refractivity contribution in [2.24, 2.45) is 0 Å². The van der Waals surface area contributed by atoms with Gasteiger partial charge in [0.25, 0.3) is 0 Å². The van der Waals surface area contributed by atoms with Gasteiger partial charge in [0.2, 0.25) is 5.78 Å². The lowest BCUT2D eigenvalue weighted by Crippen LogP contribution is -1.99. The first-order chi connectivity index (χ1) is 9.15. The van der Waals surface area contributed by atoms with Crippen molar-refractivity contribution in [3.05, 3.63) is 55.4 Å². The van der Waals surface area contributed by atoms with E-state index in [1.54, 1.807) is 17.4 Å². The summed E-state index contributed by atoms with van der Waals surface area (Å²) >= 11 is 6.59. The van der Waals surface area contributed by atoms with Gasteiger partial charge in [-0.3, -0.25) is 4.79 Å². The number of thioether (sulfide) groups is 1. The summed E-state index contributed by atoms with van der Waals surface area (Å²) in [5.41, 5.74) is 1.81. The lowest BCUT2D eigenvalue weighted by Gasteiger charge is -2.08. The molecule has 0 unspecified atom stereocenters. The smallest absolute Gasteiger partial charge is 0.203 e. The van der Waals surface area contributed by atoms with Gasteiger partial charge in [0.05, 0.1) is 9.35 Å². The summed E-state index contributed by atoms with van der Waals surface area (Å²) in [5.74, 6) is 1.75. The van der Waals surface area contributed by atoms with Crippen LogP contribution in [-0.4, -0.2) is 11.5 Å². The quantitative estimate of drug-likeness (QED) is 0.727. The Bertz CT molecular complexity index is 627. The molecule has 1 aliphatic heterocycles. The van der Waals surface area contributed by atoms with Crippen LogP contribution in [0.1, 0.15) is 25.7 Å². The van der Waals surface area contributed by atoms with Gasteiger partial charge in [0.1, 0.15) is 5.82 Å². The standard InChI is InChI=1S/C14H10BrFOS2/c15-10-5-8(1-2-11(10)16)14(17)13-6-9-7-18-4-3-12(9)19-13/h1-2,5-6H,3-4,7H2. The van der Waals surface area contributed by atoms with E-state index in [2.05, 4.69) is 15.9 Å². The Kier molecular flexibility index (Phi) is 3.78. The predicted molar refractivity (Wildman–Crippen MR) is 81.7 cm³/mol. The molecule has 0 fully saturated rings. The Hall–Kier alpha value is -0.650. The molecule has 0 bridgehead atoms. The molecular weight excluding hydrogens is 347 g/mol. The molecule has 1 aromatic carbocycles. The number of thiophene rings is 1. The molecule has 0 amide bonds. The van der Waals surface area contributed by atoms with Crippen LogP contribution in [0.4, 0.5) is 4.39 Å². The van der Waals surface area contributed by atoms with Crippen LogP contribution in [-0.2, 0) is 12.2 Å². The molecule has 0 spiro atoms. The highest BCUT2D eigenvalue weighted by Crippen LogP contribution is 2.33. The number of carbonyl (C=O) groups excluding carboxylic acids is 1. The highest BCUT2D eigenvalue weighted by molar-refractivity contribution is 9.10. The number of benzene rings is 1. The first kappa shape index (κ1) is 13.3. The average Bonchev–Trinajstić information content (AvgIpc) is 2.85. The van der Waals surface area contributed by atoms with Crippen LogP contribution in [0, 0.1) is 5.82 Å². The van der Waals surface area contributed by atoms with Crippen LogP contribution >= 0.6 is 39.0 Å². The molecule has 0 aliphatic carbocycles. The van der Waals surface area contributed by atoms with Crippen molar-refractivity contribution in [2.45, 2.75) is 12.2 Å². The molecule has 1 aliphatic rings. The molecule has 0 N–H and O–H groups in total. The van der Waals surface area contributed by atoms with E-state index in [0.29, 0.717) is 10.0 Å². The molecule has 0 saturated carbocycles. The summed E-state index contributed by atoms with van der Waals surface area (Å²) < 4.78 is 13.5. The first-order valence-electron chi connectivity index (χ1n) is 5.84. The maximum atomic E-state index is 13.2. The third-order valence-electron chi connectivity index (χ3n) is 3.03. The molecule has 19 heavy (non-hydrogen) atoms. The second kappa shape index (κ2) is 5.38. The van der Waals surface area contributed by atoms with Gasteiger partial charge < -0.3 is 0 Å².